The fourth-order valence-corrected chi connectivity index (χ4v) is 1.46. The zero-order chi connectivity index (χ0) is 8.43. The van der Waals surface area contributed by atoms with Gasteiger partial charge in [0, 0.05) is 12.1 Å². The Labute approximate surface area is 65.6 Å². The molecule has 6 N–H and O–H groups in total. The molecule has 0 amide bonds. The van der Waals surface area contributed by atoms with Crippen molar-refractivity contribution in [2.24, 2.45) is 17.4 Å². The fourth-order valence-electron chi connectivity index (χ4n) is 1.46. The van der Waals surface area contributed by atoms with Crippen molar-refractivity contribution in [3.05, 3.63) is 0 Å². The Bertz CT molecular complexity index is 161. The Kier molecular flexibility index (Phi) is 2.46. The highest BCUT2D eigenvalue weighted by molar-refractivity contribution is 5.71. The zero-order valence-corrected chi connectivity index (χ0v) is 6.40. The van der Waals surface area contributed by atoms with Crippen LogP contribution in [0.25, 0.3) is 0 Å². The van der Waals surface area contributed by atoms with Gasteiger partial charge in [-0.3, -0.25) is 0 Å². The van der Waals surface area contributed by atoms with Gasteiger partial charge in [-0.15, -0.1) is 0 Å². The van der Waals surface area contributed by atoms with Gasteiger partial charge in [0.25, 0.3) is 0 Å². The maximum atomic E-state index is 8.76. The molecular weight excluding hydrogens is 144 g/mol. The van der Waals surface area contributed by atoms with E-state index in [0.717, 1.165) is 12.8 Å². The molecule has 0 aromatic rings. The number of aliphatic hydroxyl groups excluding tert-OH is 1. The summed E-state index contributed by atoms with van der Waals surface area (Å²) in [5.74, 6) is -0.655. The molecule has 0 aromatic heterocycles. The number of aliphatic carboxylic acids is 1. The number of nitrogens with two attached hydrogens (primary N) is 2. The van der Waals surface area contributed by atoms with E-state index in [-0.39, 0.29) is 18.0 Å². The lowest BCUT2D eigenvalue weighted by Crippen LogP contribution is -2.47. The van der Waals surface area contributed by atoms with E-state index in [4.69, 9.17) is 21.4 Å². The summed E-state index contributed by atoms with van der Waals surface area (Å²) in [7, 11) is 0. The van der Waals surface area contributed by atoms with Crippen molar-refractivity contribution in [2.45, 2.75) is 31.3 Å². The third-order valence-electron chi connectivity index (χ3n) is 2.32. The number of rotatable bonds is 1. The molecule has 1 aliphatic rings. The van der Waals surface area contributed by atoms with Crippen LogP contribution in [-0.2, 0) is 0 Å². The van der Waals surface area contributed by atoms with Crippen LogP contribution in [0.2, 0.25) is 0 Å². The van der Waals surface area contributed by atoms with Crippen molar-refractivity contribution in [1.29, 1.82) is 0 Å². The molecule has 0 aliphatic heterocycles. The first-order valence-electron chi connectivity index (χ1n) is 3.87. The maximum absolute atomic E-state index is 8.76. The molecule has 1 fully saturated rings. The summed E-state index contributed by atoms with van der Waals surface area (Å²) in [5, 5.41) is 8.76. The van der Waals surface area contributed by atoms with Crippen molar-refractivity contribution in [3.63, 3.8) is 0 Å². The van der Waals surface area contributed by atoms with Crippen LogP contribution < -0.4 is 11.5 Å². The average Bonchev–Trinajstić information content (AvgIpc) is 1.94. The lowest BCUT2D eigenvalue weighted by Gasteiger charge is -2.27. The van der Waals surface area contributed by atoms with E-state index in [2.05, 4.69) is 0 Å². The van der Waals surface area contributed by atoms with Gasteiger partial charge in [-0.25, -0.2) is 0 Å². The number of hydrogen-bond acceptors (Lipinski definition) is 2. The molecule has 0 bridgehead atoms. The van der Waals surface area contributed by atoms with Crippen LogP contribution in [0.4, 0.5) is 0 Å². The smallest absolute Gasteiger partial charge is 0.339 e. The topological polar surface area (TPSA) is 93.7 Å². The number of carboxylic acid groups (broad SMARTS) is 1. The van der Waals surface area contributed by atoms with Crippen molar-refractivity contribution >= 4 is 5.97 Å². The molecule has 0 aromatic carbocycles. The van der Waals surface area contributed by atoms with Crippen molar-refractivity contribution in [3.8, 4) is 0 Å². The number of hydrogen-bond donors (Lipinski definition) is 3. The second kappa shape index (κ2) is 3.19. The maximum Gasteiger partial charge on any atom is 0.483 e. The summed E-state index contributed by atoms with van der Waals surface area (Å²) in [5.41, 5.74) is 11.3. The first-order chi connectivity index (χ1) is 5.11. The van der Waals surface area contributed by atoms with E-state index in [1.165, 1.54) is 0 Å². The Balaban J connectivity index is 2.46. The third-order valence-corrected chi connectivity index (χ3v) is 2.32. The van der Waals surface area contributed by atoms with E-state index in [0.29, 0.717) is 6.42 Å². The highest BCUT2D eigenvalue weighted by Gasteiger charge is 2.33. The largest absolute Gasteiger partial charge is 0.483 e. The molecule has 0 heterocycles. The van der Waals surface area contributed by atoms with Crippen molar-refractivity contribution in [1.82, 2.24) is 0 Å². The third kappa shape index (κ3) is 1.91. The zero-order valence-electron chi connectivity index (χ0n) is 6.40. The Morgan fingerprint density at radius 3 is 2.36 bits per heavy atom. The van der Waals surface area contributed by atoms with Gasteiger partial charge in [-0.2, -0.15) is 0 Å². The lowest BCUT2D eigenvalue weighted by molar-refractivity contribution is 0.292. The van der Waals surface area contributed by atoms with Crippen LogP contribution in [0.1, 0.15) is 19.3 Å². The Morgan fingerprint density at radius 2 is 1.91 bits per heavy atom. The molecule has 0 spiro atoms. The van der Waals surface area contributed by atoms with Gasteiger partial charge < -0.3 is 21.4 Å². The second-order valence-electron chi connectivity index (χ2n) is 3.20. The monoisotopic (exact) mass is 159 g/mol. The van der Waals surface area contributed by atoms with E-state index in [9.17, 15) is 0 Å². The van der Waals surface area contributed by atoms with Crippen LogP contribution in [0.5, 0.6) is 0 Å². The lowest BCUT2D eigenvalue weighted by atomic mass is 9.83. The minimum atomic E-state index is -0.493. The van der Waals surface area contributed by atoms with E-state index in [1.54, 1.807) is 0 Å². The van der Waals surface area contributed by atoms with E-state index < -0.39 is 5.97 Å². The first kappa shape index (κ1) is 8.49. The Hall–Kier alpha value is -0.610. The summed E-state index contributed by atoms with van der Waals surface area (Å²) in [4.78, 5) is 8.76. The summed E-state index contributed by atoms with van der Waals surface area (Å²) < 4.78 is 0. The minimum absolute atomic E-state index is 0.0191. The second-order valence-corrected chi connectivity index (χ2v) is 3.20. The predicted octanol–water partition coefficient (Wildman–Crippen LogP) is -0.498. The molecule has 1 rings (SSSR count). The molecule has 11 heavy (non-hydrogen) atoms. The molecule has 3 atom stereocenters. The van der Waals surface area contributed by atoms with Gasteiger partial charge in [0.15, 0.2) is 0 Å². The highest BCUT2D eigenvalue weighted by Crippen LogP contribution is 2.22. The average molecular weight is 159 g/mol. The predicted molar refractivity (Wildman–Crippen MR) is 42.9 cm³/mol. The van der Waals surface area contributed by atoms with Crippen LogP contribution >= 0.6 is 0 Å². The first-order valence-corrected chi connectivity index (χ1v) is 3.87. The van der Waals surface area contributed by atoms with Crippen LogP contribution in [0, 0.1) is 5.92 Å². The molecule has 3 unspecified atom stereocenters. The summed E-state index contributed by atoms with van der Waals surface area (Å²) >= 11 is 0. The van der Waals surface area contributed by atoms with Gasteiger partial charge in [0.2, 0.25) is 0 Å². The van der Waals surface area contributed by atoms with Crippen LogP contribution in [0.3, 0.4) is 0 Å². The summed E-state index contributed by atoms with van der Waals surface area (Å²) in [6.07, 6.45) is 2.09. The minimum Gasteiger partial charge on any atom is -0.339 e. The quantitative estimate of drug-likeness (QED) is 0.450. The molecule has 0 saturated heterocycles. The van der Waals surface area contributed by atoms with Gasteiger partial charge in [0.05, 0.1) is 0 Å². The van der Waals surface area contributed by atoms with Crippen LogP contribution in [-0.4, -0.2) is 28.0 Å². The van der Waals surface area contributed by atoms with Crippen LogP contribution in [0.15, 0.2) is 0 Å². The van der Waals surface area contributed by atoms with Gasteiger partial charge in [-0.1, -0.05) is 0 Å². The Morgan fingerprint density at radius 1 is 1.27 bits per heavy atom. The highest BCUT2D eigenvalue weighted by atomic mass is 16.4. The molecular formula is C7H15N2O2+. The fraction of sp³-hybridized carbons (Fsp3) is 0.857. The van der Waals surface area contributed by atoms with E-state index >= 15 is 0 Å². The number of carboxylic acids is 1. The molecule has 1 aliphatic carbocycles. The molecule has 4 nitrogen and oxygen atoms in total. The van der Waals surface area contributed by atoms with Gasteiger partial charge in [0.1, 0.15) is 5.92 Å². The molecule has 4 heteroatoms. The van der Waals surface area contributed by atoms with Crippen molar-refractivity contribution < 1.29 is 9.90 Å². The molecule has 1 saturated carbocycles. The van der Waals surface area contributed by atoms with E-state index in [1.807, 2.05) is 0 Å². The normalized spacial score (nSPS) is 38.5. The SMILES string of the molecule is NC1CCC(C(O)=[OH+])CC1N. The molecule has 0 radical (unpaired) electrons. The summed E-state index contributed by atoms with van der Waals surface area (Å²) in [6.45, 7) is 0. The van der Waals surface area contributed by atoms with Crippen molar-refractivity contribution in [2.75, 3.05) is 0 Å². The standard InChI is InChI=1S/C7H14N2O2/c8-5-2-1-4(7(10)11)3-6(5)9/h4-6H,1-3,8-9H2,(H,10,11)/p+1. The van der Waals surface area contributed by atoms with Gasteiger partial charge in [-0.05, 0) is 19.3 Å². The summed E-state index contributed by atoms with van der Waals surface area (Å²) in [6, 6.07) is -0.0753. The molecule has 64 valence electrons. The van der Waals surface area contributed by atoms with Gasteiger partial charge >= 0.3 is 5.97 Å².